The highest BCUT2D eigenvalue weighted by atomic mass is 16.5. The van der Waals surface area contributed by atoms with Crippen LogP contribution in [-0.2, 0) is 24.3 Å². The lowest BCUT2D eigenvalue weighted by molar-refractivity contribution is -0.121. The molecule has 9 nitrogen and oxygen atoms in total. The molecule has 1 saturated heterocycles. The third kappa shape index (κ3) is 4.43. The third-order valence-corrected chi connectivity index (χ3v) is 6.60. The van der Waals surface area contributed by atoms with Crippen LogP contribution in [0.5, 0.6) is 23.0 Å². The van der Waals surface area contributed by atoms with E-state index in [1.54, 1.807) is 25.6 Å². The molecule has 1 aromatic heterocycles. The van der Waals surface area contributed by atoms with Crippen LogP contribution in [0, 0.1) is 0 Å². The highest BCUT2D eigenvalue weighted by Crippen LogP contribution is 2.40. The van der Waals surface area contributed by atoms with Gasteiger partial charge < -0.3 is 19.9 Å². The maximum atomic E-state index is 12.9. The van der Waals surface area contributed by atoms with E-state index in [-0.39, 0.29) is 23.6 Å². The number of ether oxygens (including phenoxy) is 2. The van der Waals surface area contributed by atoms with Crippen molar-refractivity contribution in [1.29, 1.82) is 0 Å². The van der Waals surface area contributed by atoms with E-state index in [0.29, 0.717) is 43.2 Å². The standard InChI is InChI=1S/C25H29N5O4/c1-3-30-24(26-15-27-30)14-29-12-18-17-6-8-21(33-2)23(11-17)34-22-10-16(4-7-20(22)31)5-9-25(32)28-19(18)13-29/h4,6-8,10-11,15,18-19,31H,3,5,9,12-14H2,1-2H3,(H,28,32)/t18-,19+/m0/s1. The van der Waals surface area contributed by atoms with Gasteiger partial charge in [0, 0.05) is 38.0 Å². The molecule has 0 radical (unpaired) electrons. The van der Waals surface area contributed by atoms with Gasteiger partial charge in [-0.2, -0.15) is 5.10 Å². The average Bonchev–Trinajstić information content (AvgIpc) is 3.45. The second kappa shape index (κ2) is 9.34. The SMILES string of the molecule is CCn1ncnc1CN1C[C@H]2NC(=O)CCc3ccc(O)c(c3)Oc3cc(ccc3OC)[C@@H]2C1. The molecular formula is C25H29N5O4. The predicted molar refractivity (Wildman–Crippen MR) is 125 cm³/mol. The Morgan fingerprint density at radius 1 is 1.18 bits per heavy atom. The number of phenols is 1. The number of aryl methyl sites for hydroxylation is 2. The summed E-state index contributed by atoms with van der Waals surface area (Å²) in [6.07, 6.45) is 2.50. The fourth-order valence-corrected chi connectivity index (χ4v) is 4.83. The van der Waals surface area contributed by atoms with Gasteiger partial charge in [0.2, 0.25) is 5.91 Å². The van der Waals surface area contributed by atoms with Crippen molar-refractivity contribution < 1.29 is 19.4 Å². The molecule has 3 aromatic rings. The minimum atomic E-state index is -0.0518. The van der Waals surface area contributed by atoms with Gasteiger partial charge in [0.25, 0.3) is 0 Å². The number of nitrogens with one attached hydrogen (secondary N) is 1. The summed E-state index contributed by atoms with van der Waals surface area (Å²) in [5, 5.41) is 17.9. The van der Waals surface area contributed by atoms with Crippen LogP contribution in [0.4, 0.5) is 0 Å². The normalized spacial score (nSPS) is 20.4. The number of rotatable bonds is 4. The van der Waals surface area contributed by atoms with Gasteiger partial charge in [-0.1, -0.05) is 12.1 Å². The molecule has 0 saturated carbocycles. The number of hydrogen-bond acceptors (Lipinski definition) is 7. The summed E-state index contributed by atoms with van der Waals surface area (Å²) in [7, 11) is 1.59. The summed E-state index contributed by atoms with van der Waals surface area (Å²) in [5.41, 5.74) is 1.95. The van der Waals surface area contributed by atoms with E-state index in [1.165, 1.54) is 0 Å². The lowest BCUT2D eigenvalue weighted by atomic mass is 9.93. The van der Waals surface area contributed by atoms with Crippen molar-refractivity contribution in [2.24, 2.45) is 0 Å². The summed E-state index contributed by atoms with van der Waals surface area (Å²) in [6, 6.07) is 11.0. The van der Waals surface area contributed by atoms with Crippen LogP contribution in [0.1, 0.15) is 36.2 Å². The highest BCUT2D eigenvalue weighted by Gasteiger charge is 2.36. The summed E-state index contributed by atoms with van der Waals surface area (Å²) in [6.45, 7) is 4.94. The molecule has 4 bridgehead atoms. The van der Waals surface area contributed by atoms with Gasteiger partial charge in [0.05, 0.1) is 13.7 Å². The number of hydrogen-bond donors (Lipinski definition) is 2. The fourth-order valence-electron chi connectivity index (χ4n) is 4.83. The van der Waals surface area contributed by atoms with Crippen LogP contribution in [0.2, 0.25) is 0 Å². The molecule has 2 aliphatic rings. The largest absolute Gasteiger partial charge is 0.504 e. The Balaban J connectivity index is 1.50. The molecule has 1 fully saturated rings. The van der Waals surface area contributed by atoms with Crippen molar-refractivity contribution in [3.8, 4) is 23.0 Å². The van der Waals surface area contributed by atoms with E-state index in [0.717, 1.165) is 30.0 Å². The smallest absolute Gasteiger partial charge is 0.220 e. The van der Waals surface area contributed by atoms with E-state index in [2.05, 4.69) is 20.3 Å². The quantitative estimate of drug-likeness (QED) is 0.613. The predicted octanol–water partition coefficient (Wildman–Crippen LogP) is 2.83. The number of carbonyl (C=O) groups is 1. The van der Waals surface area contributed by atoms with Crippen LogP contribution < -0.4 is 14.8 Å². The molecule has 1 amide bonds. The Morgan fingerprint density at radius 2 is 2.06 bits per heavy atom. The average molecular weight is 464 g/mol. The number of phenolic OH excluding ortho intramolecular Hbond substituents is 1. The minimum Gasteiger partial charge on any atom is -0.504 e. The zero-order valence-corrected chi connectivity index (χ0v) is 19.4. The number of fused-ring (bicyclic) bond motifs is 6. The summed E-state index contributed by atoms with van der Waals surface area (Å²) in [5.74, 6) is 2.48. The molecule has 0 unspecified atom stereocenters. The maximum absolute atomic E-state index is 12.9. The zero-order chi connectivity index (χ0) is 23.7. The van der Waals surface area contributed by atoms with E-state index in [4.69, 9.17) is 9.47 Å². The molecule has 2 aliphatic heterocycles. The second-order valence-corrected chi connectivity index (χ2v) is 8.78. The first-order valence-electron chi connectivity index (χ1n) is 11.6. The first kappa shape index (κ1) is 22.2. The van der Waals surface area contributed by atoms with E-state index in [1.807, 2.05) is 35.9 Å². The van der Waals surface area contributed by atoms with E-state index < -0.39 is 0 Å². The van der Waals surface area contributed by atoms with Gasteiger partial charge in [-0.05, 0) is 48.7 Å². The molecule has 0 aliphatic carbocycles. The lowest BCUT2D eigenvalue weighted by Gasteiger charge is -2.21. The molecule has 9 heteroatoms. The Bertz CT molecular complexity index is 1190. The van der Waals surface area contributed by atoms with Crippen molar-refractivity contribution in [3.63, 3.8) is 0 Å². The minimum absolute atomic E-state index is 0.0112. The Hall–Kier alpha value is -3.59. The summed E-state index contributed by atoms with van der Waals surface area (Å²) in [4.78, 5) is 19.6. The van der Waals surface area contributed by atoms with E-state index in [9.17, 15) is 9.90 Å². The lowest BCUT2D eigenvalue weighted by Crippen LogP contribution is -2.40. The topological polar surface area (TPSA) is 102 Å². The van der Waals surface area contributed by atoms with Crippen LogP contribution >= 0.6 is 0 Å². The summed E-state index contributed by atoms with van der Waals surface area (Å²) < 4.78 is 13.5. The van der Waals surface area contributed by atoms with E-state index >= 15 is 0 Å². The Morgan fingerprint density at radius 3 is 2.88 bits per heavy atom. The fraction of sp³-hybridized carbons (Fsp3) is 0.400. The van der Waals surface area contributed by atoms with Crippen molar-refractivity contribution in [2.75, 3.05) is 20.2 Å². The van der Waals surface area contributed by atoms with Gasteiger partial charge in [0.1, 0.15) is 12.2 Å². The van der Waals surface area contributed by atoms with Crippen LogP contribution in [-0.4, -0.2) is 56.9 Å². The van der Waals surface area contributed by atoms with Crippen molar-refractivity contribution in [3.05, 3.63) is 59.7 Å². The summed E-state index contributed by atoms with van der Waals surface area (Å²) >= 11 is 0. The molecule has 2 N–H and O–H groups in total. The van der Waals surface area contributed by atoms with Gasteiger partial charge >= 0.3 is 0 Å². The van der Waals surface area contributed by atoms with Crippen LogP contribution in [0.15, 0.2) is 42.7 Å². The first-order chi connectivity index (χ1) is 16.5. The number of aromatic nitrogens is 3. The molecule has 5 rings (SSSR count). The third-order valence-electron chi connectivity index (χ3n) is 6.60. The highest BCUT2D eigenvalue weighted by molar-refractivity contribution is 5.77. The zero-order valence-electron chi connectivity index (χ0n) is 19.4. The Labute approximate surface area is 198 Å². The van der Waals surface area contributed by atoms with Crippen molar-refractivity contribution in [1.82, 2.24) is 25.0 Å². The molecule has 0 spiro atoms. The molecule has 2 aromatic carbocycles. The number of carbonyl (C=O) groups excluding carboxylic acids is 1. The number of nitrogens with zero attached hydrogens (tertiary/aromatic N) is 4. The van der Waals surface area contributed by atoms with Crippen LogP contribution in [0.25, 0.3) is 0 Å². The maximum Gasteiger partial charge on any atom is 0.220 e. The van der Waals surface area contributed by atoms with Gasteiger partial charge in [-0.25, -0.2) is 9.67 Å². The van der Waals surface area contributed by atoms with Crippen LogP contribution in [0.3, 0.4) is 0 Å². The molecule has 2 atom stereocenters. The number of benzene rings is 2. The molecular weight excluding hydrogens is 434 g/mol. The number of likely N-dealkylation sites (tertiary alicyclic amines) is 1. The molecule has 3 heterocycles. The number of methoxy groups -OCH3 is 1. The molecule has 178 valence electrons. The van der Waals surface area contributed by atoms with Gasteiger partial charge in [0.15, 0.2) is 23.0 Å². The van der Waals surface area contributed by atoms with Gasteiger partial charge in [-0.15, -0.1) is 0 Å². The molecule has 34 heavy (non-hydrogen) atoms. The number of aromatic hydroxyl groups is 1. The van der Waals surface area contributed by atoms with Crippen molar-refractivity contribution in [2.45, 2.75) is 44.8 Å². The Kier molecular flexibility index (Phi) is 6.10. The van der Waals surface area contributed by atoms with Gasteiger partial charge in [-0.3, -0.25) is 9.69 Å². The monoisotopic (exact) mass is 463 g/mol. The number of amides is 1. The first-order valence-corrected chi connectivity index (χ1v) is 11.6. The van der Waals surface area contributed by atoms with Crippen molar-refractivity contribution >= 4 is 5.91 Å². The second-order valence-electron chi connectivity index (χ2n) is 8.78.